The van der Waals surface area contributed by atoms with Crippen molar-refractivity contribution in [2.75, 3.05) is 0 Å². The molecule has 4 nitrogen and oxygen atoms in total. The molecule has 2 aliphatic carbocycles. The minimum Gasteiger partial charge on any atom is -0.262 e. The molecule has 3 aliphatic rings. The van der Waals surface area contributed by atoms with Crippen molar-refractivity contribution in [2.45, 2.75) is 52.4 Å². The monoisotopic (exact) mass is 283 g/mol. The molecule has 2 bridgehead atoms. The van der Waals surface area contributed by atoms with Crippen LogP contribution in [0.2, 0.25) is 0 Å². The van der Waals surface area contributed by atoms with Gasteiger partial charge in [0.25, 0.3) is 10.1 Å². The topological polar surface area (TPSA) is 67.2 Å². The van der Waals surface area contributed by atoms with E-state index in [9.17, 15) is 13.7 Å². The van der Waals surface area contributed by atoms with E-state index in [4.69, 9.17) is 4.18 Å². The first-order valence-electron chi connectivity index (χ1n) is 6.77. The summed E-state index contributed by atoms with van der Waals surface area (Å²) in [7, 11) is -3.67. The number of rotatable bonds is 0. The molecule has 0 spiro atoms. The van der Waals surface area contributed by atoms with E-state index >= 15 is 0 Å². The van der Waals surface area contributed by atoms with Crippen LogP contribution in [0.15, 0.2) is 0 Å². The van der Waals surface area contributed by atoms with Gasteiger partial charge in [-0.3, -0.25) is 4.18 Å². The number of nitriles is 1. The second-order valence-electron chi connectivity index (χ2n) is 7.55. The highest BCUT2D eigenvalue weighted by molar-refractivity contribution is 7.87. The van der Waals surface area contributed by atoms with Crippen LogP contribution in [0.3, 0.4) is 0 Å². The Morgan fingerprint density at radius 1 is 1.11 bits per heavy atom. The Labute approximate surface area is 115 Å². The van der Waals surface area contributed by atoms with E-state index in [1.165, 1.54) is 0 Å². The van der Waals surface area contributed by atoms with Crippen LogP contribution in [0.4, 0.5) is 0 Å². The molecule has 19 heavy (non-hydrogen) atoms. The molecule has 3 fully saturated rings. The average Bonchev–Trinajstić information content (AvgIpc) is 2.59. The highest BCUT2D eigenvalue weighted by Gasteiger charge is 2.89. The SMILES string of the molecule is CC1C2(C)C(C#N)C3C1(C)C(C)(OS3(=O)=O)C2(C)C. The molecular formula is C14H21NO3S. The molecule has 3 rings (SSSR count). The molecule has 5 heteroatoms. The fraction of sp³-hybridized carbons (Fsp3) is 0.929. The second-order valence-corrected chi connectivity index (χ2v) is 9.21. The van der Waals surface area contributed by atoms with Crippen molar-refractivity contribution >= 4 is 10.1 Å². The van der Waals surface area contributed by atoms with Gasteiger partial charge in [0.2, 0.25) is 0 Å². The van der Waals surface area contributed by atoms with Gasteiger partial charge in [0, 0.05) is 10.8 Å². The van der Waals surface area contributed by atoms with E-state index in [0.29, 0.717) is 0 Å². The zero-order valence-electron chi connectivity index (χ0n) is 12.3. The largest absolute Gasteiger partial charge is 0.272 e. The lowest BCUT2D eigenvalue weighted by Crippen LogP contribution is -2.57. The van der Waals surface area contributed by atoms with E-state index in [0.717, 1.165) is 0 Å². The molecule has 0 aromatic rings. The van der Waals surface area contributed by atoms with Crippen LogP contribution < -0.4 is 0 Å². The minimum absolute atomic E-state index is 0.131. The predicted molar refractivity (Wildman–Crippen MR) is 70.5 cm³/mol. The van der Waals surface area contributed by atoms with Gasteiger partial charge in [0.05, 0.1) is 17.6 Å². The van der Waals surface area contributed by atoms with Gasteiger partial charge in [-0.2, -0.15) is 13.7 Å². The van der Waals surface area contributed by atoms with E-state index in [1.807, 2.05) is 13.8 Å². The summed E-state index contributed by atoms with van der Waals surface area (Å²) in [5.41, 5.74) is -1.94. The molecule has 106 valence electrons. The maximum absolute atomic E-state index is 12.5. The Morgan fingerprint density at radius 3 is 2.11 bits per heavy atom. The summed E-state index contributed by atoms with van der Waals surface area (Å²) >= 11 is 0. The first-order valence-corrected chi connectivity index (χ1v) is 8.24. The van der Waals surface area contributed by atoms with Crippen molar-refractivity contribution in [2.24, 2.45) is 28.1 Å². The van der Waals surface area contributed by atoms with E-state index in [1.54, 1.807) is 0 Å². The number of nitrogens with zero attached hydrogens (tertiary/aromatic N) is 1. The molecular weight excluding hydrogens is 262 g/mol. The summed E-state index contributed by atoms with van der Waals surface area (Å²) in [6.07, 6.45) is 0. The molecule has 1 heterocycles. The summed E-state index contributed by atoms with van der Waals surface area (Å²) in [5, 5.41) is 8.89. The highest BCUT2D eigenvalue weighted by Crippen LogP contribution is 2.83. The maximum atomic E-state index is 12.5. The molecule has 0 aromatic carbocycles. The summed E-state index contributed by atoms with van der Waals surface area (Å²) < 4.78 is 30.5. The van der Waals surface area contributed by atoms with Gasteiger partial charge in [-0.15, -0.1) is 0 Å². The van der Waals surface area contributed by atoms with Gasteiger partial charge in [-0.1, -0.05) is 34.6 Å². The zero-order valence-corrected chi connectivity index (χ0v) is 13.1. The normalized spacial score (nSPS) is 60.2. The van der Waals surface area contributed by atoms with Gasteiger partial charge < -0.3 is 0 Å². The predicted octanol–water partition coefficient (Wildman–Crippen LogP) is 2.32. The average molecular weight is 283 g/mol. The third-order valence-corrected chi connectivity index (χ3v) is 9.59. The Hall–Kier alpha value is -0.600. The second kappa shape index (κ2) is 2.87. The third-order valence-electron chi connectivity index (χ3n) is 7.64. The van der Waals surface area contributed by atoms with E-state index in [2.05, 4.69) is 33.8 Å². The fourth-order valence-electron chi connectivity index (χ4n) is 5.75. The lowest BCUT2D eigenvalue weighted by atomic mass is 9.53. The standard InChI is InChI=1S/C14H21NO3S/c1-8-12(4)9(7-15)10-13(8,5)14(6,11(12,2)3)18-19(10,16)17/h8-10H,1-6H3. The zero-order chi connectivity index (χ0) is 14.6. The van der Waals surface area contributed by atoms with Crippen molar-refractivity contribution in [3.63, 3.8) is 0 Å². The van der Waals surface area contributed by atoms with Crippen LogP contribution in [-0.4, -0.2) is 19.3 Å². The summed E-state index contributed by atoms with van der Waals surface area (Å²) in [6, 6.07) is 2.29. The van der Waals surface area contributed by atoms with Crippen molar-refractivity contribution < 1.29 is 12.6 Å². The van der Waals surface area contributed by atoms with E-state index in [-0.39, 0.29) is 16.7 Å². The third kappa shape index (κ3) is 0.882. The number of fused-ring (bicyclic) bond motifs is 1. The van der Waals surface area contributed by atoms with Gasteiger partial charge in [0.15, 0.2) is 0 Å². The van der Waals surface area contributed by atoms with Crippen molar-refractivity contribution in [1.82, 2.24) is 0 Å². The Balaban J connectivity index is 2.45. The van der Waals surface area contributed by atoms with Gasteiger partial charge in [-0.05, 0) is 18.3 Å². The molecule has 1 saturated heterocycles. The van der Waals surface area contributed by atoms with E-state index < -0.39 is 32.3 Å². The van der Waals surface area contributed by atoms with Gasteiger partial charge in [0.1, 0.15) is 5.25 Å². The van der Waals surface area contributed by atoms with Crippen LogP contribution in [-0.2, 0) is 14.3 Å². The lowest BCUT2D eigenvalue weighted by Gasteiger charge is -2.51. The quantitative estimate of drug-likeness (QED) is 0.640. The van der Waals surface area contributed by atoms with Crippen molar-refractivity contribution in [3.05, 3.63) is 0 Å². The number of hydrogen-bond acceptors (Lipinski definition) is 4. The van der Waals surface area contributed by atoms with Crippen molar-refractivity contribution in [1.29, 1.82) is 5.26 Å². The fourth-order valence-corrected chi connectivity index (χ4v) is 8.41. The first-order chi connectivity index (χ1) is 8.43. The first kappa shape index (κ1) is 13.4. The molecule has 0 N–H and O–H groups in total. The number of hydrogen-bond donors (Lipinski definition) is 0. The lowest BCUT2D eigenvalue weighted by molar-refractivity contribution is -0.103. The Bertz CT molecular complexity index is 619. The molecule has 0 radical (unpaired) electrons. The minimum atomic E-state index is -3.67. The van der Waals surface area contributed by atoms with Crippen LogP contribution in [0.1, 0.15) is 41.5 Å². The molecule has 1 aliphatic heterocycles. The molecule has 6 atom stereocenters. The Morgan fingerprint density at radius 2 is 1.63 bits per heavy atom. The maximum Gasteiger partial charge on any atom is 0.272 e. The van der Waals surface area contributed by atoms with Crippen LogP contribution >= 0.6 is 0 Å². The van der Waals surface area contributed by atoms with Crippen LogP contribution in [0.25, 0.3) is 0 Å². The molecule has 0 amide bonds. The molecule has 2 saturated carbocycles. The van der Waals surface area contributed by atoms with Crippen LogP contribution in [0, 0.1) is 39.4 Å². The van der Waals surface area contributed by atoms with Crippen LogP contribution in [0.5, 0.6) is 0 Å². The smallest absolute Gasteiger partial charge is 0.262 e. The molecule has 6 unspecified atom stereocenters. The van der Waals surface area contributed by atoms with Gasteiger partial charge in [-0.25, -0.2) is 0 Å². The summed E-state index contributed by atoms with van der Waals surface area (Å²) in [5.74, 6) is -0.366. The summed E-state index contributed by atoms with van der Waals surface area (Å²) in [6.45, 7) is 12.2. The van der Waals surface area contributed by atoms with Gasteiger partial charge >= 0.3 is 0 Å². The Kier molecular flexibility index (Phi) is 2.02. The van der Waals surface area contributed by atoms with Crippen molar-refractivity contribution in [3.8, 4) is 6.07 Å². The highest BCUT2D eigenvalue weighted by atomic mass is 32.2. The summed E-state index contributed by atoms with van der Waals surface area (Å²) in [4.78, 5) is 0. The molecule has 0 aromatic heterocycles.